The summed E-state index contributed by atoms with van der Waals surface area (Å²) >= 11 is 5.92. The van der Waals surface area contributed by atoms with Crippen molar-refractivity contribution in [3.05, 3.63) is 58.7 Å². The van der Waals surface area contributed by atoms with Crippen LogP contribution in [0.1, 0.15) is 39.0 Å². The van der Waals surface area contributed by atoms with Gasteiger partial charge in [0.2, 0.25) is 11.8 Å². The first-order valence-corrected chi connectivity index (χ1v) is 8.54. The van der Waals surface area contributed by atoms with Crippen LogP contribution in [-0.4, -0.2) is 17.9 Å². The van der Waals surface area contributed by atoms with Crippen LogP contribution in [0.5, 0.6) is 0 Å². The highest BCUT2D eigenvalue weighted by atomic mass is 35.5. The zero-order valence-corrected chi connectivity index (χ0v) is 15.8. The Hall–Kier alpha value is -2.19. The maximum Gasteiger partial charge on any atom is 0.240 e. The number of benzene rings is 1. The van der Waals surface area contributed by atoms with Gasteiger partial charge in [-0.3, -0.25) is 14.4 Å². The highest BCUT2D eigenvalue weighted by Crippen LogP contribution is 2.14. The summed E-state index contributed by atoms with van der Waals surface area (Å²) < 4.78 is 0. The lowest BCUT2D eigenvalue weighted by molar-refractivity contribution is -0.131. The molecule has 1 aromatic rings. The third kappa shape index (κ3) is 7.79. The van der Waals surface area contributed by atoms with E-state index in [1.54, 1.807) is 25.1 Å². The van der Waals surface area contributed by atoms with Crippen LogP contribution in [0.15, 0.2) is 53.1 Å². The molecular formula is C18H25ClN4O3. The van der Waals surface area contributed by atoms with Gasteiger partial charge in [-0.1, -0.05) is 54.9 Å². The minimum Gasteiger partial charge on any atom is -0.368 e. The van der Waals surface area contributed by atoms with E-state index in [-0.39, 0.29) is 5.91 Å². The van der Waals surface area contributed by atoms with Gasteiger partial charge in [0.05, 0.1) is 0 Å². The van der Waals surface area contributed by atoms with Crippen LogP contribution >= 0.6 is 11.6 Å². The largest absolute Gasteiger partial charge is 0.368 e. The third-order valence-corrected chi connectivity index (χ3v) is 3.35. The molecule has 0 aliphatic heterocycles. The van der Waals surface area contributed by atoms with E-state index in [0.29, 0.717) is 17.0 Å². The molecule has 0 heterocycles. The van der Waals surface area contributed by atoms with Gasteiger partial charge in [0.15, 0.2) is 6.23 Å². The maximum absolute atomic E-state index is 11.8. The predicted octanol–water partition coefficient (Wildman–Crippen LogP) is 2.18. The number of hydrogen-bond acceptors (Lipinski definition) is 5. The summed E-state index contributed by atoms with van der Waals surface area (Å²) in [7, 11) is 0. The summed E-state index contributed by atoms with van der Waals surface area (Å²) in [5.74, 6) is -0.870. The minimum atomic E-state index is -0.864. The number of rotatable bonds is 10. The van der Waals surface area contributed by atoms with Crippen LogP contribution in [0, 0.1) is 0 Å². The molecule has 0 bridgehead atoms. The lowest BCUT2D eigenvalue weighted by Crippen LogP contribution is -2.50. The number of nitrogens with one attached hydrogen (secondary N) is 3. The molecule has 8 heteroatoms. The monoisotopic (exact) mass is 380 g/mol. The highest BCUT2D eigenvalue weighted by Gasteiger charge is 2.20. The van der Waals surface area contributed by atoms with E-state index in [1.807, 2.05) is 31.2 Å². The summed E-state index contributed by atoms with van der Waals surface area (Å²) in [6.07, 6.45) is 3.43. The van der Waals surface area contributed by atoms with E-state index in [9.17, 15) is 9.59 Å². The molecule has 0 spiro atoms. The van der Waals surface area contributed by atoms with Crippen LogP contribution in [-0.2, 0) is 14.4 Å². The quantitative estimate of drug-likeness (QED) is 0.283. The van der Waals surface area contributed by atoms with Crippen molar-refractivity contribution >= 4 is 23.4 Å². The molecule has 0 saturated heterocycles. The third-order valence-electron chi connectivity index (χ3n) is 3.24. The van der Waals surface area contributed by atoms with Gasteiger partial charge in [0.25, 0.3) is 0 Å². The number of hydrazine groups is 1. The summed E-state index contributed by atoms with van der Waals surface area (Å²) in [6, 6.07) is 8.24. The fraction of sp³-hybridized carbons (Fsp3) is 0.333. The zero-order valence-electron chi connectivity index (χ0n) is 15.1. The molecule has 142 valence electrons. The molecule has 0 fully saturated rings. The van der Waals surface area contributed by atoms with Crippen molar-refractivity contribution in [3.63, 3.8) is 0 Å². The van der Waals surface area contributed by atoms with Crippen LogP contribution in [0.25, 0.3) is 0 Å². The lowest BCUT2D eigenvalue weighted by Gasteiger charge is -2.22. The van der Waals surface area contributed by atoms with Gasteiger partial charge in [-0.05, 0) is 25.0 Å². The molecule has 26 heavy (non-hydrogen) atoms. The number of amides is 2. The van der Waals surface area contributed by atoms with E-state index in [0.717, 1.165) is 5.56 Å². The summed E-state index contributed by atoms with van der Waals surface area (Å²) in [5.41, 5.74) is 12.0. The van der Waals surface area contributed by atoms with Gasteiger partial charge >= 0.3 is 0 Å². The Morgan fingerprint density at radius 1 is 1.27 bits per heavy atom. The van der Waals surface area contributed by atoms with E-state index in [1.165, 1.54) is 6.92 Å². The average molecular weight is 381 g/mol. The van der Waals surface area contributed by atoms with Crippen molar-refractivity contribution in [2.75, 3.05) is 0 Å². The number of allylic oxidation sites excluding steroid dienone is 2. The van der Waals surface area contributed by atoms with Gasteiger partial charge in [-0.25, -0.2) is 5.43 Å². The second-order valence-electron chi connectivity index (χ2n) is 5.53. The Labute approximate surface area is 158 Å². The topological polar surface area (TPSA) is 105 Å². The molecule has 2 amide bonds. The first kappa shape index (κ1) is 21.9. The molecule has 7 nitrogen and oxygen atoms in total. The number of carbonyl (C=O) groups excluding carboxylic acids is 2. The van der Waals surface area contributed by atoms with Crippen molar-refractivity contribution < 1.29 is 14.4 Å². The normalized spacial score (nSPS) is 14.6. The Morgan fingerprint density at radius 3 is 2.42 bits per heavy atom. The molecule has 2 unspecified atom stereocenters. The van der Waals surface area contributed by atoms with Crippen LogP contribution in [0.4, 0.5) is 0 Å². The van der Waals surface area contributed by atoms with Crippen molar-refractivity contribution in [1.29, 1.82) is 0 Å². The van der Waals surface area contributed by atoms with Crippen molar-refractivity contribution in [1.82, 2.24) is 16.3 Å². The molecule has 0 saturated carbocycles. The SMILES string of the molecule is CC/C=C(\C=C(/C)Cl)C(NNOC(NC(C)=O)c1ccccc1)C(N)=O. The number of halogens is 1. The van der Waals surface area contributed by atoms with Gasteiger partial charge in [0, 0.05) is 17.5 Å². The van der Waals surface area contributed by atoms with Crippen LogP contribution in [0.2, 0.25) is 0 Å². The fourth-order valence-electron chi connectivity index (χ4n) is 2.19. The van der Waals surface area contributed by atoms with E-state index in [2.05, 4.69) is 16.3 Å². The van der Waals surface area contributed by atoms with Crippen LogP contribution in [0.3, 0.4) is 0 Å². The molecule has 2 atom stereocenters. The number of nitrogens with two attached hydrogens (primary N) is 1. The summed E-state index contributed by atoms with van der Waals surface area (Å²) in [6.45, 7) is 5.02. The number of carbonyl (C=O) groups is 2. The molecular weight excluding hydrogens is 356 g/mol. The Morgan fingerprint density at radius 2 is 1.92 bits per heavy atom. The maximum atomic E-state index is 11.8. The van der Waals surface area contributed by atoms with E-state index >= 15 is 0 Å². The minimum absolute atomic E-state index is 0.264. The number of hydrogen-bond donors (Lipinski definition) is 4. The lowest BCUT2D eigenvalue weighted by atomic mass is 10.1. The summed E-state index contributed by atoms with van der Waals surface area (Å²) in [5, 5.41) is 3.17. The van der Waals surface area contributed by atoms with Gasteiger partial charge in [-0.2, -0.15) is 0 Å². The molecule has 1 rings (SSSR count). The van der Waals surface area contributed by atoms with E-state index < -0.39 is 18.2 Å². The van der Waals surface area contributed by atoms with Crippen LogP contribution < -0.4 is 22.1 Å². The van der Waals surface area contributed by atoms with Gasteiger partial charge in [-0.15, -0.1) is 5.59 Å². The second-order valence-corrected chi connectivity index (χ2v) is 6.13. The first-order chi connectivity index (χ1) is 12.3. The standard InChI is InChI=1S/C18H25ClN4O3/c1-4-8-15(11-12(2)19)16(17(20)25)22-23-26-18(21-13(3)24)14-9-6-5-7-10-14/h5-11,16,18,22-23H,4H2,1-3H3,(H2,20,25)(H,21,24)/b12-11+,15-8+. The highest BCUT2D eigenvalue weighted by molar-refractivity contribution is 6.29. The summed E-state index contributed by atoms with van der Waals surface area (Å²) in [4.78, 5) is 28.7. The van der Waals surface area contributed by atoms with Crippen molar-refractivity contribution in [3.8, 4) is 0 Å². The van der Waals surface area contributed by atoms with Crippen molar-refractivity contribution in [2.45, 2.75) is 39.5 Å². The predicted molar refractivity (Wildman–Crippen MR) is 101 cm³/mol. The van der Waals surface area contributed by atoms with Gasteiger partial charge in [0.1, 0.15) is 6.04 Å². The molecule has 1 aromatic carbocycles. The number of primary amides is 1. The molecule has 5 N–H and O–H groups in total. The Balaban J connectivity index is 2.84. The smallest absolute Gasteiger partial charge is 0.240 e. The average Bonchev–Trinajstić information content (AvgIpc) is 2.57. The molecule has 0 radical (unpaired) electrons. The first-order valence-electron chi connectivity index (χ1n) is 8.16. The Kier molecular flexibility index (Phi) is 9.61. The Bertz CT molecular complexity index is 658. The molecule has 0 aliphatic carbocycles. The van der Waals surface area contributed by atoms with E-state index in [4.69, 9.17) is 22.2 Å². The van der Waals surface area contributed by atoms with Crippen molar-refractivity contribution in [2.24, 2.45) is 5.73 Å². The molecule has 0 aromatic heterocycles. The zero-order chi connectivity index (χ0) is 19.5. The fourth-order valence-corrected chi connectivity index (χ4v) is 2.32. The molecule has 0 aliphatic rings. The van der Waals surface area contributed by atoms with Gasteiger partial charge < -0.3 is 11.1 Å². The second kappa shape index (κ2) is 11.4.